The van der Waals surface area contributed by atoms with Crippen LogP contribution in [-0.2, 0) is 11.8 Å². The number of imidazole rings is 1. The summed E-state index contributed by atoms with van der Waals surface area (Å²) in [6, 6.07) is 14.0. The molecule has 0 fully saturated rings. The smallest absolute Gasteiger partial charge is 0.234 e. The molecule has 2 aromatic carbocycles. The molecule has 4 aromatic rings. The van der Waals surface area contributed by atoms with Crippen LogP contribution in [0.15, 0.2) is 70.1 Å². The number of benzene rings is 2. The number of aromatic nitrogens is 5. The van der Waals surface area contributed by atoms with Crippen molar-refractivity contribution in [2.24, 2.45) is 7.05 Å². The first-order valence-electron chi connectivity index (χ1n) is 10.1. The van der Waals surface area contributed by atoms with Crippen molar-refractivity contribution in [3.63, 3.8) is 0 Å². The van der Waals surface area contributed by atoms with Crippen LogP contribution in [0.25, 0.3) is 5.69 Å². The number of nitrogens with one attached hydrogen (secondary N) is 1. The first kappa shape index (κ1) is 22.2. The Kier molecular flexibility index (Phi) is 6.66. The van der Waals surface area contributed by atoms with Crippen molar-refractivity contribution in [2.75, 3.05) is 11.1 Å². The van der Waals surface area contributed by atoms with E-state index in [0.717, 1.165) is 38.4 Å². The monoisotopic (exact) mass is 464 g/mol. The van der Waals surface area contributed by atoms with Gasteiger partial charge in [-0.3, -0.25) is 9.36 Å². The molecular weight excluding hydrogens is 440 g/mol. The van der Waals surface area contributed by atoms with Crippen LogP contribution >= 0.6 is 23.5 Å². The number of hydrogen-bond acceptors (Lipinski definition) is 6. The maximum Gasteiger partial charge on any atom is 0.234 e. The number of carbonyl (C=O) groups excluding carboxylic acids is 1. The summed E-state index contributed by atoms with van der Waals surface area (Å²) in [5.41, 5.74) is 4.09. The fourth-order valence-electron chi connectivity index (χ4n) is 3.16. The van der Waals surface area contributed by atoms with Crippen LogP contribution in [0.2, 0.25) is 0 Å². The van der Waals surface area contributed by atoms with E-state index < -0.39 is 0 Å². The first-order valence-corrected chi connectivity index (χ1v) is 11.9. The number of nitrogens with zero attached hydrogens (tertiary/aromatic N) is 5. The van der Waals surface area contributed by atoms with Crippen molar-refractivity contribution < 1.29 is 4.79 Å². The lowest BCUT2D eigenvalue weighted by Gasteiger charge is -2.12. The summed E-state index contributed by atoms with van der Waals surface area (Å²) < 4.78 is 3.97. The Morgan fingerprint density at radius 2 is 1.81 bits per heavy atom. The number of anilines is 1. The molecule has 0 atom stereocenters. The zero-order chi connectivity index (χ0) is 22.7. The quantitative estimate of drug-likeness (QED) is 0.396. The number of thioether (sulfide) groups is 1. The van der Waals surface area contributed by atoms with Crippen LogP contribution in [0.1, 0.15) is 17.0 Å². The Morgan fingerprint density at radius 3 is 2.53 bits per heavy atom. The van der Waals surface area contributed by atoms with Crippen LogP contribution < -0.4 is 5.32 Å². The zero-order valence-electron chi connectivity index (χ0n) is 18.4. The van der Waals surface area contributed by atoms with E-state index in [1.807, 2.05) is 53.6 Å². The minimum Gasteiger partial charge on any atom is -0.329 e. The van der Waals surface area contributed by atoms with E-state index in [1.165, 1.54) is 11.8 Å². The largest absolute Gasteiger partial charge is 0.329 e. The van der Waals surface area contributed by atoms with Crippen molar-refractivity contribution in [1.29, 1.82) is 0 Å². The number of carbonyl (C=O) groups is 1. The van der Waals surface area contributed by atoms with Crippen molar-refractivity contribution in [3.8, 4) is 5.69 Å². The van der Waals surface area contributed by atoms with Gasteiger partial charge in [-0.15, -0.1) is 10.2 Å². The third-order valence-corrected chi connectivity index (χ3v) is 6.87. The number of amides is 1. The number of rotatable bonds is 7. The Morgan fingerprint density at radius 1 is 1.03 bits per heavy atom. The molecule has 0 saturated carbocycles. The molecule has 0 radical (unpaired) electrons. The maximum absolute atomic E-state index is 12.5. The highest BCUT2D eigenvalue weighted by Crippen LogP contribution is 2.27. The molecule has 2 aromatic heterocycles. The first-order chi connectivity index (χ1) is 15.4. The summed E-state index contributed by atoms with van der Waals surface area (Å²) in [7, 11) is 1.96. The van der Waals surface area contributed by atoms with Crippen LogP contribution in [0, 0.1) is 20.8 Å². The fraction of sp³-hybridized carbons (Fsp3) is 0.217. The van der Waals surface area contributed by atoms with Crippen LogP contribution in [0.4, 0.5) is 5.69 Å². The molecule has 0 aliphatic rings. The molecule has 164 valence electrons. The van der Waals surface area contributed by atoms with Gasteiger partial charge in [-0.25, -0.2) is 4.98 Å². The van der Waals surface area contributed by atoms with Crippen molar-refractivity contribution >= 4 is 35.1 Å². The Labute approximate surface area is 195 Å². The lowest BCUT2D eigenvalue weighted by Crippen LogP contribution is -2.14. The molecule has 0 spiro atoms. The summed E-state index contributed by atoms with van der Waals surface area (Å²) in [5, 5.41) is 13.1. The van der Waals surface area contributed by atoms with E-state index in [0.29, 0.717) is 5.16 Å². The van der Waals surface area contributed by atoms with Gasteiger partial charge >= 0.3 is 0 Å². The Bertz CT molecular complexity index is 1250. The van der Waals surface area contributed by atoms with E-state index in [9.17, 15) is 4.79 Å². The van der Waals surface area contributed by atoms with Crippen molar-refractivity contribution in [3.05, 3.63) is 71.8 Å². The molecule has 0 unspecified atom stereocenters. The van der Waals surface area contributed by atoms with Gasteiger partial charge in [0, 0.05) is 30.0 Å². The van der Waals surface area contributed by atoms with Crippen molar-refractivity contribution in [1.82, 2.24) is 24.3 Å². The molecule has 0 saturated heterocycles. The highest BCUT2D eigenvalue weighted by Gasteiger charge is 2.15. The summed E-state index contributed by atoms with van der Waals surface area (Å²) in [5.74, 6) is 0.947. The van der Waals surface area contributed by atoms with Gasteiger partial charge in [-0.05, 0) is 62.2 Å². The zero-order valence-corrected chi connectivity index (χ0v) is 20.0. The molecule has 0 aliphatic carbocycles. The van der Waals surface area contributed by atoms with Crippen LogP contribution in [0.3, 0.4) is 0 Å². The van der Waals surface area contributed by atoms with E-state index in [4.69, 9.17) is 0 Å². The second-order valence-corrected chi connectivity index (χ2v) is 9.42. The third kappa shape index (κ3) is 5.05. The normalized spacial score (nSPS) is 11.0. The highest BCUT2D eigenvalue weighted by molar-refractivity contribution is 7.99. The van der Waals surface area contributed by atoms with Gasteiger partial charge in [0.2, 0.25) is 5.91 Å². The minimum absolute atomic E-state index is 0.0901. The lowest BCUT2D eigenvalue weighted by molar-refractivity contribution is -0.113. The third-order valence-electron chi connectivity index (χ3n) is 4.86. The number of aryl methyl sites for hydroxylation is 4. The average Bonchev–Trinajstić information content (AvgIpc) is 3.34. The fourth-order valence-corrected chi connectivity index (χ4v) is 4.76. The summed E-state index contributed by atoms with van der Waals surface area (Å²) in [6.07, 6.45) is 3.69. The molecule has 7 nitrogen and oxygen atoms in total. The molecule has 0 bridgehead atoms. The summed E-state index contributed by atoms with van der Waals surface area (Å²) in [6.45, 7) is 6.04. The second kappa shape index (κ2) is 9.62. The maximum atomic E-state index is 12.5. The molecule has 1 amide bonds. The molecule has 9 heteroatoms. The minimum atomic E-state index is -0.0901. The van der Waals surface area contributed by atoms with Gasteiger partial charge in [-0.2, -0.15) is 0 Å². The van der Waals surface area contributed by atoms with Gasteiger partial charge < -0.3 is 9.88 Å². The van der Waals surface area contributed by atoms with E-state index in [1.54, 1.807) is 18.0 Å². The molecule has 0 aliphatic heterocycles. The predicted octanol–water partition coefficient (Wildman–Crippen LogP) is 4.81. The van der Waals surface area contributed by atoms with Crippen LogP contribution in [0.5, 0.6) is 0 Å². The standard InChI is InChI=1S/C23H24N6OS2/c1-15-5-6-16(2)20(13-15)29-17(3)26-27-23(29)31-14-21(30)25-18-7-9-19(10-8-18)32-22-24-11-12-28(22)4/h5-13H,14H2,1-4H3,(H,25,30). The topological polar surface area (TPSA) is 77.6 Å². The average molecular weight is 465 g/mol. The Hall–Kier alpha value is -3.04. The second-order valence-electron chi connectivity index (χ2n) is 7.44. The SMILES string of the molecule is Cc1ccc(C)c(-n2c(C)nnc2SCC(=O)Nc2ccc(Sc3nccn3C)cc2)c1. The highest BCUT2D eigenvalue weighted by atomic mass is 32.2. The molecule has 2 heterocycles. The van der Waals surface area contributed by atoms with Crippen molar-refractivity contribution in [2.45, 2.75) is 36.0 Å². The van der Waals surface area contributed by atoms with Gasteiger partial charge in [0.15, 0.2) is 10.3 Å². The predicted molar refractivity (Wildman–Crippen MR) is 129 cm³/mol. The van der Waals surface area contributed by atoms with E-state index in [2.05, 4.69) is 52.5 Å². The summed E-state index contributed by atoms with van der Waals surface area (Å²) >= 11 is 2.95. The molecule has 4 rings (SSSR count). The molecular formula is C23H24N6OS2. The lowest BCUT2D eigenvalue weighted by atomic mass is 10.1. The van der Waals surface area contributed by atoms with Gasteiger partial charge in [0.1, 0.15) is 5.82 Å². The van der Waals surface area contributed by atoms with Crippen LogP contribution in [-0.4, -0.2) is 36.0 Å². The van der Waals surface area contributed by atoms with Gasteiger partial charge in [-0.1, -0.05) is 35.7 Å². The Balaban J connectivity index is 1.39. The van der Waals surface area contributed by atoms with E-state index >= 15 is 0 Å². The van der Waals surface area contributed by atoms with Gasteiger partial charge in [0.05, 0.1) is 11.4 Å². The van der Waals surface area contributed by atoms with E-state index in [-0.39, 0.29) is 11.7 Å². The van der Waals surface area contributed by atoms with Gasteiger partial charge in [0.25, 0.3) is 0 Å². The number of hydrogen-bond donors (Lipinski definition) is 1. The molecule has 32 heavy (non-hydrogen) atoms. The summed E-state index contributed by atoms with van der Waals surface area (Å²) in [4.78, 5) is 17.9. The molecule has 1 N–H and O–H groups in total.